The summed E-state index contributed by atoms with van der Waals surface area (Å²) in [7, 11) is 0. The van der Waals surface area contributed by atoms with E-state index in [0.717, 1.165) is 28.2 Å². The van der Waals surface area contributed by atoms with Gasteiger partial charge in [0.05, 0.1) is 5.75 Å². The second kappa shape index (κ2) is 8.84. The fourth-order valence-corrected chi connectivity index (χ4v) is 2.46. The van der Waals surface area contributed by atoms with Crippen LogP contribution in [0.25, 0.3) is 11.5 Å². The largest absolute Gasteiger partial charge is 0.411 e. The molecule has 0 aliphatic rings. The van der Waals surface area contributed by atoms with Crippen molar-refractivity contribution in [2.75, 3.05) is 5.75 Å². The number of aromatic nitrogens is 2. The minimum atomic E-state index is -0.504. The molecule has 0 fully saturated rings. The second-order valence-corrected chi connectivity index (χ2v) is 6.84. The topological polar surface area (TPSA) is 97.1 Å². The van der Waals surface area contributed by atoms with Crippen LogP contribution in [0, 0.1) is 0 Å². The van der Waals surface area contributed by atoms with Gasteiger partial charge in [0, 0.05) is 16.1 Å². The summed E-state index contributed by atoms with van der Waals surface area (Å²) in [5.41, 5.74) is 0.787. The van der Waals surface area contributed by atoms with E-state index < -0.39 is 11.9 Å². The molecule has 0 saturated heterocycles. The molecule has 0 aliphatic carbocycles. The maximum absolute atomic E-state index is 11.7. The number of rotatable bonds is 6. The van der Waals surface area contributed by atoms with Crippen LogP contribution in [0.4, 0.5) is 4.79 Å². The van der Waals surface area contributed by atoms with E-state index in [4.69, 9.17) is 4.42 Å². The lowest BCUT2D eigenvalue weighted by molar-refractivity contribution is -0.117. The lowest BCUT2D eigenvalue weighted by Crippen LogP contribution is -2.43. The predicted octanol–water partition coefficient (Wildman–Crippen LogP) is 3.22. The number of halogens is 1. The van der Waals surface area contributed by atoms with Gasteiger partial charge in [0.25, 0.3) is 5.22 Å². The first-order valence-corrected chi connectivity index (χ1v) is 9.08. The number of imide groups is 1. The molecule has 2 rings (SSSR count). The van der Waals surface area contributed by atoms with Crippen LogP contribution in [0.3, 0.4) is 0 Å². The third kappa shape index (κ3) is 5.64. The quantitative estimate of drug-likeness (QED) is 0.706. The highest BCUT2D eigenvalue weighted by molar-refractivity contribution is 9.10. The summed E-state index contributed by atoms with van der Waals surface area (Å²) >= 11 is 4.43. The summed E-state index contributed by atoms with van der Waals surface area (Å²) in [5, 5.41) is 13.0. The molecule has 3 amide bonds. The van der Waals surface area contributed by atoms with Crippen LogP contribution in [0.1, 0.15) is 20.3 Å². The number of urea groups is 1. The second-order valence-electron chi connectivity index (χ2n) is 5.00. The van der Waals surface area contributed by atoms with E-state index in [9.17, 15) is 9.59 Å². The third-order valence-corrected chi connectivity index (χ3v) is 4.41. The molecule has 1 aromatic heterocycles. The average Bonchev–Trinajstić information content (AvgIpc) is 3.02. The molecule has 1 aromatic carbocycles. The van der Waals surface area contributed by atoms with Crippen molar-refractivity contribution in [3.05, 3.63) is 28.7 Å². The SMILES string of the molecule is CC[C@@H](C)NC(=O)NC(=O)CSc1nnc(-c2ccc(Br)cc2)o1. The van der Waals surface area contributed by atoms with Crippen molar-refractivity contribution in [2.45, 2.75) is 31.5 Å². The molecule has 7 nitrogen and oxygen atoms in total. The number of carbonyl (C=O) groups excluding carboxylic acids is 2. The van der Waals surface area contributed by atoms with E-state index in [2.05, 4.69) is 36.8 Å². The minimum absolute atomic E-state index is 0.00913. The lowest BCUT2D eigenvalue weighted by atomic mass is 10.2. The van der Waals surface area contributed by atoms with Gasteiger partial charge in [-0.1, -0.05) is 34.6 Å². The van der Waals surface area contributed by atoms with Crippen molar-refractivity contribution in [2.24, 2.45) is 0 Å². The zero-order valence-corrected chi connectivity index (χ0v) is 15.6. The first-order chi connectivity index (χ1) is 11.5. The molecule has 0 unspecified atom stereocenters. The van der Waals surface area contributed by atoms with E-state index in [1.165, 1.54) is 0 Å². The highest BCUT2D eigenvalue weighted by atomic mass is 79.9. The highest BCUT2D eigenvalue weighted by Crippen LogP contribution is 2.24. The number of nitrogens with zero attached hydrogens (tertiary/aromatic N) is 2. The Morgan fingerprint density at radius 1 is 1.29 bits per heavy atom. The number of carbonyl (C=O) groups is 2. The fraction of sp³-hybridized carbons (Fsp3) is 0.333. The molecule has 0 spiro atoms. The van der Waals surface area contributed by atoms with Crippen LogP contribution < -0.4 is 10.6 Å². The van der Waals surface area contributed by atoms with E-state index in [1.54, 1.807) is 0 Å². The predicted molar refractivity (Wildman–Crippen MR) is 94.6 cm³/mol. The first-order valence-electron chi connectivity index (χ1n) is 7.30. The van der Waals surface area contributed by atoms with E-state index in [-0.39, 0.29) is 17.0 Å². The zero-order chi connectivity index (χ0) is 17.5. The Balaban J connectivity index is 1.83. The van der Waals surface area contributed by atoms with E-state index >= 15 is 0 Å². The van der Waals surface area contributed by atoms with Crippen molar-refractivity contribution in [3.63, 3.8) is 0 Å². The summed E-state index contributed by atoms with van der Waals surface area (Å²) < 4.78 is 6.44. The van der Waals surface area contributed by atoms with Gasteiger partial charge in [-0.3, -0.25) is 10.1 Å². The fourth-order valence-electron chi connectivity index (χ4n) is 1.63. The number of nitrogens with one attached hydrogen (secondary N) is 2. The molecule has 1 atom stereocenters. The van der Waals surface area contributed by atoms with Crippen molar-refractivity contribution < 1.29 is 14.0 Å². The summed E-state index contributed by atoms with van der Waals surface area (Å²) in [6.07, 6.45) is 0.789. The normalized spacial score (nSPS) is 11.8. The summed E-state index contributed by atoms with van der Waals surface area (Å²) in [4.78, 5) is 23.3. The van der Waals surface area contributed by atoms with Gasteiger partial charge in [0.15, 0.2) is 0 Å². The molecule has 0 aliphatic heterocycles. The summed E-state index contributed by atoms with van der Waals surface area (Å²) in [5.74, 6) is -0.0419. The lowest BCUT2D eigenvalue weighted by Gasteiger charge is -2.11. The van der Waals surface area contributed by atoms with Gasteiger partial charge in [-0.25, -0.2) is 4.79 Å². The maximum atomic E-state index is 11.7. The number of hydrogen-bond acceptors (Lipinski definition) is 6. The Morgan fingerprint density at radius 2 is 2.00 bits per heavy atom. The molecule has 2 aromatic rings. The molecular formula is C15H17BrN4O3S. The van der Waals surface area contributed by atoms with Crippen molar-refractivity contribution in [1.82, 2.24) is 20.8 Å². The average molecular weight is 413 g/mol. The van der Waals surface area contributed by atoms with Gasteiger partial charge in [0.2, 0.25) is 11.8 Å². The Hall–Kier alpha value is -1.87. The van der Waals surface area contributed by atoms with E-state index in [1.807, 2.05) is 38.1 Å². The molecule has 9 heteroatoms. The number of hydrogen-bond donors (Lipinski definition) is 2. The minimum Gasteiger partial charge on any atom is -0.411 e. The molecule has 128 valence electrons. The van der Waals surface area contributed by atoms with Crippen molar-refractivity contribution in [1.29, 1.82) is 0 Å². The number of benzene rings is 1. The molecule has 0 radical (unpaired) electrons. The Morgan fingerprint density at radius 3 is 2.67 bits per heavy atom. The van der Waals surface area contributed by atoms with Crippen LogP contribution in [0.5, 0.6) is 0 Å². The molecule has 2 N–H and O–H groups in total. The van der Waals surface area contributed by atoms with Gasteiger partial charge in [-0.05, 0) is 37.6 Å². The van der Waals surface area contributed by atoms with Gasteiger partial charge >= 0.3 is 6.03 Å². The smallest absolute Gasteiger partial charge is 0.321 e. The van der Waals surface area contributed by atoms with Gasteiger partial charge in [0.1, 0.15) is 0 Å². The Bertz CT molecular complexity index is 705. The van der Waals surface area contributed by atoms with Gasteiger partial charge in [-0.2, -0.15) is 0 Å². The third-order valence-electron chi connectivity index (χ3n) is 3.07. The van der Waals surface area contributed by atoms with Crippen LogP contribution in [0.15, 0.2) is 38.4 Å². The van der Waals surface area contributed by atoms with Crippen LogP contribution in [0.2, 0.25) is 0 Å². The molecule has 24 heavy (non-hydrogen) atoms. The van der Waals surface area contributed by atoms with E-state index in [0.29, 0.717) is 5.89 Å². The van der Waals surface area contributed by atoms with Crippen LogP contribution >= 0.6 is 27.7 Å². The maximum Gasteiger partial charge on any atom is 0.321 e. The molecule has 1 heterocycles. The van der Waals surface area contributed by atoms with Gasteiger partial charge < -0.3 is 9.73 Å². The Labute approximate surface area is 152 Å². The van der Waals surface area contributed by atoms with Crippen LogP contribution in [-0.2, 0) is 4.79 Å². The summed E-state index contributed by atoms with van der Waals surface area (Å²) in [6, 6.07) is 6.94. The highest BCUT2D eigenvalue weighted by Gasteiger charge is 2.13. The van der Waals surface area contributed by atoms with Gasteiger partial charge in [-0.15, -0.1) is 10.2 Å². The molecule has 0 saturated carbocycles. The Kier molecular flexibility index (Phi) is 6.80. The zero-order valence-electron chi connectivity index (χ0n) is 13.2. The van der Waals surface area contributed by atoms with Crippen LogP contribution in [-0.4, -0.2) is 33.9 Å². The molecule has 0 bridgehead atoms. The molecular weight excluding hydrogens is 396 g/mol. The van der Waals surface area contributed by atoms with Crippen molar-refractivity contribution in [3.8, 4) is 11.5 Å². The first kappa shape index (κ1) is 18.5. The number of amides is 3. The monoisotopic (exact) mass is 412 g/mol. The standard InChI is InChI=1S/C15H17BrN4O3S/c1-3-9(2)17-14(22)18-12(21)8-24-15-20-19-13(23-15)10-4-6-11(16)7-5-10/h4-7,9H,3,8H2,1-2H3,(H2,17,18,21,22)/t9-/m1/s1. The summed E-state index contributed by atoms with van der Waals surface area (Å²) in [6.45, 7) is 3.81. The number of thioether (sulfide) groups is 1. The van der Waals surface area contributed by atoms with Crippen molar-refractivity contribution >= 4 is 39.6 Å².